The van der Waals surface area contributed by atoms with Gasteiger partial charge in [-0.05, 0) is 67.4 Å². The zero-order valence-corrected chi connectivity index (χ0v) is 15.4. The fourth-order valence-corrected chi connectivity index (χ4v) is 6.84. The van der Waals surface area contributed by atoms with Gasteiger partial charge < -0.3 is 10.2 Å². The van der Waals surface area contributed by atoms with E-state index in [9.17, 15) is 19.8 Å². The minimum absolute atomic E-state index is 0.0345. The second-order valence-corrected chi connectivity index (χ2v) is 9.12. The van der Waals surface area contributed by atoms with E-state index < -0.39 is 5.41 Å². The van der Waals surface area contributed by atoms with Crippen LogP contribution in [0.2, 0.25) is 0 Å². The molecule has 4 heteroatoms. The molecular weight excluding hydrogens is 316 g/mol. The molecule has 0 aliphatic heterocycles. The molecule has 0 unspecified atom stereocenters. The first-order valence-corrected chi connectivity index (χ1v) is 9.59. The van der Waals surface area contributed by atoms with E-state index in [0.717, 1.165) is 30.4 Å². The van der Waals surface area contributed by atoms with E-state index in [0.29, 0.717) is 37.4 Å². The van der Waals surface area contributed by atoms with Crippen molar-refractivity contribution in [1.29, 1.82) is 0 Å². The lowest BCUT2D eigenvalue weighted by molar-refractivity contribution is -0.125. The molecule has 2 N–H and O–H groups in total. The second-order valence-electron chi connectivity index (χ2n) is 9.12. The topological polar surface area (TPSA) is 74.6 Å². The van der Waals surface area contributed by atoms with Crippen molar-refractivity contribution in [1.82, 2.24) is 0 Å². The highest BCUT2D eigenvalue weighted by Crippen LogP contribution is 2.66. The molecular formula is C21H28O4. The summed E-state index contributed by atoms with van der Waals surface area (Å²) in [5, 5.41) is 21.4. The van der Waals surface area contributed by atoms with Gasteiger partial charge in [-0.1, -0.05) is 13.8 Å². The van der Waals surface area contributed by atoms with Crippen molar-refractivity contribution in [2.24, 2.45) is 28.6 Å². The molecule has 0 radical (unpaired) electrons. The molecule has 2 saturated carbocycles. The van der Waals surface area contributed by atoms with Crippen molar-refractivity contribution in [3.05, 3.63) is 22.7 Å². The average molecular weight is 344 g/mol. The fraction of sp³-hybridized carbons (Fsp3) is 0.714. The van der Waals surface area contributed by atoms with Crippen LogP contribution in [-0.4, -0.2) is 21.8 Å². The zero-order valence-electron chi connectivity index (χ0n) is 15.4. The van der Waals surface area contributed by atoms with Crippen molar-refractivity contribution in [2.75, 3.05) is 0 Å². The Balaban J connectivity index is 1.83. The van der Waals surface area contributed by atoms with E-state index in [4.69, 9.17) is 0 Å². The number of aliphatic hydroxyl groups excluding tert-OH is 2. The first kappa shape index (κ1) is 16.9. The molecule has 2 fully saturated rings. The van der Waals surface area contributed by atoms with Gasteiger partial charge in [0.2, 0.25) is 0 Å². The molecule has 0 amide bonds. The number of rotatable bonds is 1. The summed E-state index contributed by atoms with van der Waals surface area (Å²) in [6, 6.07) is 0. The number of carbonyl (C=O) groups is 2. The highest BCUT2D eigenvalue weighted by atomic mass is 16.3. The lowest BCUT2D eigenvalue weighted by Crippen LogP contribution is -2.47. The lowest BCUT2D eigenvalue weighted by Gasteiger charge is -2.53. The van der Waals surface area contributed by atoms with Crippen LogP contribution in [0.25, 0.3) is 0 Å². The molecule has 4 aliphatic rings. The number of aliphatic hydroxyl groups is 2. The Hall–Kier alpha value is -1.58. The van der Waals surface area contributed by atoms with Gasteiger partial charge in [0.25, 0.3) is 0 Å². The second kappa shape index (κ2) is 5.21. The Bertz CT molecular complexity index is 730. The number of allylic oxidation sites excluding steroid dienone is 4. The SMILES string of the molecule is CC(=O)[C@H]1CC[C@H]2[C@@H]3CCC4=C(O)C(=O)CC[C@]4(C)C3=C(O)C[C@]12C. The molecule has 4 rings (SSSR count). The molecule has 0 aromatic heterocycles. The van der Waals surface area contributed by atoms with Crippen LogP contribution in [0.4, 0.5) is 0 Å². The summed E-state index contributed by atoms with van der Waals surface area (Å²) in [7, 11) is 0. The number of Topliss-reactive ketones (excluding diaryl/α,β-unsaturated/α-hetero) is 2. The van der Waals surface area contributed by atoms with Crippen LogP contribution in [0.3, 0.4) is 0 Å². The summed E-state index contributed by atoms with van der Waals surface area (Å²) in [5.74, 6) is 1.14. The predicted octanol–water partition coefficient (Wildman–Crippen LogP) is 4.42. The van der Waals surface area contributed by atoms with Gasteiger partial charge in [0.15, 0.2) is 11.5 Å². The number of ketones is 2. The van der Waals surface area contributed by atoms with E-state index in [-0.39, 0.29) is 34.6 Å². The smallest absolute Gasteiger partial charge is 0.197 e. The van der Waals surface area contributed by atoms with Crippen LogP contribution in [-0.2, 0) is 9.59 Å². The molecule has 0 saturated heterocycles. The summed E-state index contributed by atoms with van der Waals surface area (Å²) < 4.78 is 0. The summed E-state index contributed by atoms with van der Waals surface area (Å²) >= 11 is 0. The maximum atomic E-state index is 12.2. The molecule has 136 valence electrons. The Morgan fingerprint density at radius 2 is 1.84 bits per heavy atom. The van der Waals surface area contributed by atoms with Crippen LogP contribution in [0, 0.1) is 28.6 Å². The van der Waals surface area contributed by atoms with Gasteiger partial charge in [-0.3, -0.25) is 9.59 Å². The van der Waals surface area contributed by atoms with Crippen molar-refractivity contribution < 1.29 is 19.8 Å². The third-order valence-electron chi connectivity index (χ3n) is 7.98. The maximum Gasteiger partial charge on any atom is 0.197 e. The largest absolute Gasteiger partial charge is 0.512 e. The minimum Gasteiger partial charge on any atom is -0.512 e. The molecule has 4 aliphatic carbocycles. The van der Waals surface area contributed by atoms with Crippen LogP contribution in [0.15, 0.2) is 22.7 Å². The quantitative estimate of drug-likeness (QED) is 0.738. The maximum absolute atomic E-state index is 12.2. The summed E-state index contributed by atoms with van der Waals surface area (Å²) in [6.45, 7) is 5.95. The third-order valence-corrected chi connectivity index (χ3v) is 7.98. The summed E-state index contributed by atoms with van der Waals surface area (Å²) in [4.78, 5) is 24.1. The van der Waals surface area contributed by atoms with Crippen molar-refractivity contribution in [2.45, 2.75) is 65.7 Å². The van der Waals surface area contributed by atoms with Gasteiger partial charge in [0.05, 0.1) is 5.76 Å². The first-order valence-electron chi connectivity index (χ1n) is 9.59. The van der Waals surface area contributed by atoms with Gasteiger partial charge in [-0.25, -0.2) is 0 Å². The molecule has 0 spiro atoms. The Morgan fingerprint density at radius 1 is 1.12 bits per heavy atom. The Kier molecular flexibility index (Phi) is 3.52. The number of fused-ring (bicyclic) bond motifs is 5. The molecule has 0 aromatic rings. The standard InChI is InChI=1S/C21H28O4/c1-11(22)13-6-7-14-12-4-5-15-19(25)16(23)8-9-20(15,2)18(12)17(24)10-21(13,14)3/h12-14,24-25H,4-10H2,1-3H3/t12-,13+,14-,20-,21+/m0/s1. The van der Waals surface area contributed by atoms with Gasteiger partial charge in [-0.2, -0.15) is 0 Å². The minimum atomic E-state index is -0.402. The highest BCUT2D eigenvalue weighted by molar-refractivity contribution is 5.95. The van der Waals surface area contributed by atoms with Crippen molar-refractivity contribution in [3.63, 3.8) is 0 Å². The summed E-state index contributed by atoms with van der Waals surface area (Å²) in [6.07, 6.45) is 5.07. The van der Waals surface area contributed by atoms with Gasteiger partial charge >= 0.3 is 0 Å². The molecule has 5 atom stereocenters. The van der Waals surface area contributed by atoms with Crippen molar-refractivity contribution >= 4 is 11.6 Å². The zero-order chi connectivity index (χ0) is 18.1. The van der Waals surface area contributed by atoms with Gasteiger partial charge in [0, 0.05) is 24.2 Å². The lowest BCUT2D eigenvalue weighted by atomic mass is 9.50. The highest BCUT2D eigenvalue weighted by Gasteiger charge is 2.59. The monoisotopic (exact) mass is 344 g/mol. The molecule has 0 aromatic carbocycles. The molecule has 0 bridgehead atoms. The number of hydrogen-bond donors (Lipinski definition) is 2. The van der Waals surface area contributed by atoms with Crippen molar-refractivity contribution in [3.8, 4) is 0 Å². The predicted molar refractivity (Wildman–Crippen MR) is 94.0 cm³/mol. The van der Waals surface area contributed by atoms with Gasteiger partial charge in [0.1, 0.15) is 5.78 Å². The van der Waals surface area contributed by atoms with Crippen LogP contribution in [0.5, 0.6) is 0 Å². The van der Waals surface area contributed by atoms with E-state index in [2.05, 4.69) is 13.8 Å². The number of hydrogen-bond acceptors (Lipinski definition) is 4. The van der Waals surface area contributed by atoms with E-state index in [1.54, 1.807) is 6.92 Å². The summed E-state index contributed by atoms with van der Waals surface area (Å²) in [5.41, 5.74) is 1.32. The van der Waals surface area contributed by atoms with E-state index in [1.165, 1.54) is 0 Å². The first-order chi connectivity index (χ1) is 11.7. The molecule has 0 heterocycles. The third kappa shape index (κ3) is 2.06. The Labute approximate surface area is 149 Å². The van der Waals surface area contributed by atoms with E-state index >= 15 is 0 Å². The Morgan fingerprint density at radius 3 is 2.52 bits per heavy atom. The fourth-order valence-electron chi connectivity index (χ4n) is 6.84. The van der Waals surface area contributed by atoms with Crippen LogP contribution in [0.1, 0.15) is 65.7 Å². The van der Waals surface area contributed by atoms with Gasteiger partial charge in [-0.15, -0.1) is 0 Å². The average Bonchev–Trinajstić information content (AvgIpc) is 2.88. The number of carbonyl (C=O) groups excluding carboxylic acids is 2. The van der Waals surface area contributed by atoms with E-state index in [1.807, 2.05) is 0 Å². The normalized spacial score (nSPS) is 43.6. The molecule has 25 heavy (non-hydrogen) atoms. The van der Waals surface area contributed by atoms with Crippen LogP contribution < -0.4 is 0 Å². The molecule has 4 nitrogen and oxygen atoms in total. The van der Waals surface area contributed by atoms with Crippen LogP contribution >= 0.6 is 0 Å².